The fourth-order valence-electron chi connectivity index (χ4n) is 2.83. The Kier molecular flexibility index (Phi) is 8.18. The summed E-state index contributed by atoms with van der Waals surface area (Å²) in [6.07, 6.45) is 6.12. The van der Waals surface area contributed by atoms with Gasteiger partial charge in [0.25, 0.3) is 0 Å². The van der Waals surface area contributed by atoms with Gasteiger partial charge >= 0.3 is 6.09 Å². The number of ether oxygens (including phenoxy) is 1. The summed E-state index contributed by atoms with van der Waals surface area (Å²) in [5, 5.41) is 15.6. The summed E-state index contributed by atoms with van der Waals surface area (Å²) in [5.74, 6) is 0.384. The Morgan fingerprint density at radius 2 is 2.00 bits per heavy atom. The van der Waals surface area contributed by atoms with Crippen LogP contribution < -0.4 is 10.6 Å². The summed E-state index contributed by atoms with van der Waals surface area (Å²) in [7, 11) is 0. The zero-order valence-electron chi connectivity index (χ0n) is 14.7. The summed E-state index contributed by atoms with van der Waals surface area (Å²) < 4.78 is 5.32. The maximum absolute atomic E-state index is 11.8. The number of amides is 1. The van der Waals surface area contributed by atoms with Gasteiger partial charge < -0.3 is 20.5 Å². The van der Waals surface area contributed by atoms with Crippen LogP contribution in [0.3, 0.4) is 0 Å². The van der Waals surface area contributed by atoms with Gasteiger partial charge in [0.05, 0.1) is 0 Å². The summed E-state index contributed by atoms with van der Waals surface area (Å²) >= 11 is 0. The summed E-state index contributed by atoms with van der Waals surface area (Å²) in [4.78, 5) is 11.8. The normalized spacial score (nSPS) is 23.9. The van der Waals surface area contributed by atoms with E-state index in [-0.39, 0.29) is 18.7 Å². The number of carbonyl (C=O) groups excluding carboxylic acids is 1. The topological polar surface area (TPSA) is 70.6 Å². The molecule has 1 fully saturated rings. The zero-order valence-corrected chi connectivity index (χ0v) is 14.7. The van der Waals surface area contributed by atoms with Crippen LogP contribution in [0.25, 0.3) is 0 Å². The lowest BCUT2D eigenvalue weighted by molar-refractivity contribution is 0.0488. The molecule has 0 aromatic carbocycles. The third-order valence-corrected chi connectivity index (χ3v) is 4.01. The summed E-state index contributed by atoms with van der Waals surface area (Å²) in [6, 6.07) is 0.676. The fourth-order valence-corrected chi connectivity index (χ4v) is 2.83. The monoisotopic (exact) mass is 314 g/mol. The molecule has 22 heavy (non-hydrogen) atoms. The Balaban J connectivity index is 2.22. The molecule has 0 aromatic rings. The van der Waals surface area contributed by atoms with E-state index in [0.29, 0.717) is 12.0 Å². The second kappa shape index (κ2) is 9.36. The molecule has 0 radical (unpaired) electrons. The number of aliphatic hydroxyl groups is 1. The number of hydrogen-bond acceptors (Lipinski definition) is 4. The molecule has 3 unspecified atom stereocenters. The average molecular weight is 314 g/mol. The molecule has 1 saturated carbocycles. The van der Waals surface area contributed by atoms with E-state index in [1.54, 1.807) is 0 Å². The van der Waals surface area contributed by atoms with Crippen molar-refractivity contribution in [3.8, 4) is 0 Å². The van der Waals surface area contributed by atoms with Crippen molar-refractivity contribution >= 4 is 6.09 Å². The molecule has 0 aliphatic heterocycles. The van der Waals surface area contributed by atoms with E-state index in [9.17, 15) is 4.79 Å². The van der Waals surface area contributed by atoms with Crippen molar-refractivity contribution in [2.24, 2.45) is 5.92 Å². The highest BCUT2D eigenvalue weighted by Crippen LogP contribution is 2.19. The van der Waals surface area contributed by atoms with Crippen LogP contribution in [0.1, 0.15) is 66.2 Å². The highest BCUT2D eigenvalue weighted by molar-refractivity contribution is 5.68. The first kappa shape index (κ1) is 19.2. The molecule has 3 atom stereocenters. The molecule has 3 N–H and O–H groups in total. The quantitative estimate of drug-likeness (QED) is 0.632. The first-order valence-corrected chi connectivity index (χ1v) is 8.64. The predicted octanol–water partition coefficient (Wildman–Crippen LogP) is 2.82. The van der Waals surface area contributed by atoms with Gasteiger partial charge in [-0.1, -0.05) is 6.92 Å². The molecule has 1 amide bonds. The van der Waals surface area contributed by atoms with Crippen molar-refractivity contribution in [1.29, 1.82) is 0 Å². The third kappa shape index (κ3) is 8.59. The Labute approximate surface area is 135 Å². The highest BCUT2D eigenvalue weighted by atomic mass is 16.6. The minimum absolute atomic E-state index is 0.206. The van der Waals surface area contributed by atoms with Crippen LogP contribution in [-0.2, 0) is 4.74 Å². The largest absolute Gasteiger partial charge is 0.444 e. The number of carbonyl (C=O) groups is 1. The number of rotatable bonds is 7. The van der Waals surface area contributed by atoms with Crippen LogP contribution in [0.15, 0.2) is 0 Å². The minimum atomic E-state index is -0.445. The average Bonchev–Trinajstić information content (AvgIpc) is 2.41. The van der Waals surface area contributed by atoms with E-state index in [2.05, 4.69) is 17.6 Å². The Morgan fingerprint density at radius 3 is 2.64 bits per heavy atom. The Bertz CT molecular complexity index is 328. The van der Waals surface area contributed by atoms with Crippen LogP contribution >= 0.6 is 0 Å². The van der Waals surface area contributed by atoms with Gasteiger partial charge in [-0.3, -0.25) is 0 Å². The van der Waals surface area contributed by atoms with Gasteiger partial charge in [-0.2, -0.15) is 0 Å². The van der Waals surface area contributed by atoms with Gasteiger partial charge in [0.1, 0.15) is 5.60 Å². The zero-order chi connectivity index (χ0) is 16.6. The van der Waals surface area contributed by atoms with Gasteiger partial charge in [0, 0.05) is 18.7 Å². The Hall–Kier alpha value is -0.810. The predicted molar refractivity (Wildman–Crippen MR) is 88.9 cm³/mol. The first-order valence-electron chi connectivity index (χ1n) is 8.64. The van der Waals surface area contributed by atoms with Crippen LogP contribution in [0.4, 0.5) is 4.79 Å². The van der Waals surface area contributed by atoms with Gasteiger partial charge in [-0.15, -0.1) is 0 Å². The van der Waals surface area contributed by atoms with Gasteiger partial charge in [-0.25, -0.2) is 4.79 Å². The van der Waals surface area contributed by atoms with E-state index >= 15 is 0 Å². The molecule has 0 bridgehead atoms. The van der Waals surface area contributed by atoms with Gasteiger partial charge in [0.15, 0.2) is 0 Å². The van der Waals surface area contributed by atoms with E-state index in [4.69, 9.17) is 9.84 Å². The fraction of sp³-hybridized carbons (Fsp3) is 0.941. The molecular weight excluding hydrogens is 280 g/mol. The van der Waals surface area contributed by atoms with E-state index < -0.39 is 5.60 Å². The first-order chi connectivity index (χ1) is 10.3. The lowest BCUT2D eigenvalue weighted by Crippen LogP contribution is -2.45. The van der Waals surface area contributed by atoms with E-state index in [1.807, 2.05) is 20.8 Å². The second-order valence-corrected chi connectivity index (χ2v) is 7.59. The van der Waals surface area contributed by atoms with Crippen molar-refractivity contribution in [3.05, 3.63) is 0 Å². The lowest BCUT2D eigenvalue weighted by Gasteiger charge is -2.31. The van der Waals surface area contributed by atoms with Crippen molar-refractivity contribution in [2.45, 2.75) is 83.9 Å². The van der Waals surface area contributed by atoms with Crippen LogP contribution in [0.2, 0.25) is 0 Å². The van der Waals surface area contributed by atoms with Crippen LogP contribution in [0.5, 0.6) is 0 Å². The van der Waals surface area contributed by atoms with E-state index in [0.717, 1.165) is 38.6 Å². The molecule has 0 heterocycles. The molecule has 130 valence electrons. The molecule has 5 nitrogen and oxygen atoms in total. The minimum Gasteiger partial charge on any atom is -0.444 e. The smallest absolute Gasteiger partial charge is 0.407 e. The van der Waals surface area contributed by atoms with Crippen molar-refractivity contribution in [3.63, 3.8) is 0 Å². The highest BCUT2D eigenvalue weighted by Gasteiger charge is 2.25. The van der Waals surface area contributed by atoms with Crippen molar-refractivity contribution in [2.75, 3.05) is 13.2 Å². The van der Waals surface area contributed by atoms with Crippen LogP contribution in [0, 0.1) is 5.92 Å². The van der Waals surface area contributed by atoms with E-state index in [1.165, 1.54) is 6.42 Å². The molecule has 1 rings (SSSR count). The van der Waals surface area contributed by atoms with Crippen LogP contribution in [-0.4, -0.2) is 42.0 Å². The SMILES string of the molecule is CC(CO)CCCNC1CCCC(NC(=O)OC(C)(C)C)C1. The number of hydrogen-bond donors (Lipinski definition) is 3. The molecule has 1 aliphatic rings. The summed E-state index contributed by atoms with van der Waals surface area (Å²) in [6.45, 7) is 8.96. The van der Waals surface area contributed by atoms with Crippen molar-refractivity contribution in [1.82, 2.24) is 10.6 Å². The molecule has 0 saturated heterocycles. The maximum atomic E-state index is 11.8. The van der Waals surface area contributed by atoms with Gasteiger partial charge in [0.2, 0.25) is 0 Å². The number of nitrogens with one attached hydrogen (secondary N) is 2. The summed E-state index contributed by atoms with van der Waals surface area (Å²) in [5.41, 5.74) is -0.445. The molecular formula is C17H34N2O3. The molecule has 1 aliphatic carbocycles. The maximum Gasteiger partial charge on any atom is 0.407 e. The standard InChI is InChI=1S/C17H34N2O3/c1-13(12-20)7-6-10-18-14-8-5-9-15(11-14)19-16(21)22-17(2,3)4/h13-15,18,20H,5-12H2,1-4H3,(H,19,21). The van der Waals surface area contributed by atoms with Gasteiger partial charge in [-0.05, 0) is 71.8 Å². The molecule has 0 spiro atoms. The number of alkyl carbamates (subject to hydrolysis) is 1. The number of aliphatic hydroxyl groups excluding tert-OH is 1. The third-order valence-electron chi connectivity index (χ3n) is 4.01. The lowest BCUT2D eigenvalue weighted by atomic mass is 9.91. The second-order valence-electron chi connectivity index (χ2n) is 7.59. The van der Waals surface area contributed by atoms with Crippen molar-refractivity contribution < 1.29 is 14.6 Å². The Morgan fingerprint density at radius 1 is 1.32 bits per heavy atom. The molecule has 5 heteroatoms. The molecule has 0 aromatic heterocycles.